The summed E-state index contributed by atoms with van der Waals surface area (Å²) >= 11 is 3.55. The monoisotopic (exact) mass is 359 g/mol. The molecule has 21 heavy (non-hydrogen) atoms. The lowest BCUT2D eigenvalue weighted by atomic mass is 10.1. The van der Waals surface area contributed by atoms with Crippen LogP contribution in [0.25, 0.3) is 0 Å². The van der Waals surface area contributed by atoms with Gasteiger partial charge in [-0.2, -0.15) is 0 Å². The summed E-state index contributed by atoms with van der Waals surface area (Å²) in [5.41, 5.74) is 6.77. The predicted octanol–water partition coefficient (Wildman–Crippen LogP) is 3.54. The van der Waals surface area contributed by atoms with Crippen molar-refractivity contribution in [2.75, 3.05) is 20.8 Å². The molecule has 1 rings (SSSR count). The van der Waals surface area contributed by atoms with Gasteiger partial charge in [-0.3, -0.25) is 0 Å². The van der Waals surface area contributed by atoms with E-state index in [-0.39, 0.29) is 11.6 Å². The van der Waals surface area contributed by atoms with Crippen LogP contribution in [-0.4, -0.2) is 32.5 Å². The molecule has 0 spiro atoms. The Morgan fingerprint density at radius 2 is 1.95 bits per heavy atom. The van der Waals surface area contributed by atoms with Gasteiger partial charge in [0.05, 0.1) is 23.8 Å². The van der Waals surface area contributed by atoms with Gasteiger partial charge < -0.3 is 19.9 Å². The summed E-state index contributed by atoms with van der Waals surface area (Å²) < 4.78 is 17.6. The highest BCUT2D eigenvalue weighted by atomic mass is 79.9. The fourth-order valence-corrected chi connectivity index (χ4v) is 2.51. The summed E-state index contributed by atoms with van der Waals surface area (Å²) in [4.78, 5) is 0. The minimum absolute atomic E-state index is 0.107. The van der Waals surface area contributed by atoms with Crippen LogP contribution in [0.1, 0.15) is 32.8 Å². The van der Waals surface area contributed by atoms with Gasteiger partial charge in [0.2, 0.25) is 0 Å². The maximum atomic E-state index is 5.87. The SMILES string of the molecule is COc1cc(CC(C)N)cc(Br)c1OCCC(C)(C)OC. The number of nitrogens with two attached hydrogens (primary N) is 1. The number of benzene rings is 1. The van der Waals surface area contributed by atoms with E-state index in [1.807, 2.05) is 32.9 Å². The van der Waals surface area contributed by atoms with Gasteiger partial charge in [0.1, 0.15) is 0 Å². The third kappa shape index (κ3) is 5.85. The summed E-state index contributed by atoms with van der Waals surface area (Å²) in [6.07, 6.45) is 1.59. The maximum Gasteiger partial charge on any atom is 0.175 e. The Labute approximate surface area is 136 Å². The number of hydrogen-bond acceptors (Lipinski definition) is 4. The average molecular weight is 360 g/mol. The van der Waals surface area contributed by atoms with Gasteiger partial charge >= 0.3 is 0 Å². The lowest BCUT2D eigenvalue weighted by Gasteiger charge is -2.23. The molecular formula is C16H26BrNO3. The van der Waals surface area contributed by atoms with Gasteiger partial charge in [0.25, 0.3) is 0 Å². The molecule has 1 aromatic carbocycles. The summed E-state index contributed by atoms with van der Waals surface area (Å²) in [6.45, 7) is 6.61. The molecule has 120 valence electrons. The Morgan fingerprint density at radius 1 is 1.29 bits per heavy atom. The standard InChI is InChI=1S/C16H26BrNO3/c1-11(18)8-12-9-13(17)15(14(10-12)19-4)21-7-6-16(2,3)20-5/h9-11H,6-8,18H2,1-5H3. The van der Waals surface area contributed by atoms with Crippen molar-refractivity contribution in [3.05, 3.63) is 22.2 Å². The molecule has 0 aromatic heterocycles. The second-order valence-electron chi connectivity index (χ2n) is 5.85. The van der Waals surface area contributed by atoms with Crippen LogP contribution >= 0.6 is 15.9 Å². The maximum absolute atomic E-state index is 5.87. The van der Waals surface area contributed by atoms with Crippen LogP contribution in [0.2, 0.25) is 0 Å². The van der Waals surface area contributed by atoms with Gasteiger partial charge in [-0.15, -0.1) is 0 Å². The Balaban J connectivity index is 2.82. The van der Waals surface area contributed by atoms with Gasteiger partial charge in [0, 0.05) is 19.6 Å². The zero-order valence-corrected chi connectivity index (χ0v) is 15.1. The van der Waals surface area contributed by atoms with E-state index in [2.05, 4.69) is 15.9 Å². The van der Waals surface area contributed by atoms with E-state index in [4.69, 9.17) is 19.9 Å². The lowest BCUT2D eigenvalue weighted by molar-refractivity contribution is 0.00518. The highest BCUT2D eigenvalue weighted by molar-refractivity contribution is 9.10. The molecule has 0 aliphatic rings. The van der Waals surface area contributed by atoms with Crippen LogP contribution in [0, 0.1) is 0 Å². The van der Waals surface area contributed by atoms with Gasteiger partial charge in [0.15, 0.2) is 11.5 Å². The number of ether oxygens (including phenoxy) is 3. The van der Waals surface area contributed by atoms with Gasteiger partial charge in [-0.1, -0.05) is 0 Å². The number of halogens is 1. The van der Waals surface area contributed by atoms with Crippen molar-refractivity contribution in [3.8, 4) is 11.5 Å². The van der Waals surface area contributed by atoms with Crippen molar-refractivity contribution < 1.29 is 14.2 Å². The van der Waals surface area contributed by atoms with Crippen molar-refractivity contribution in [2.24, 2.45) is 5.73 Å². The first-order chi connectivity index (χ1) is 9.79. The van der Waals surface area contributed by atoms with Crippen LogP contribution in [0.3, 0.4) is 0 Å². The van der Waals surface area contributed by atoms with Crippen molar-refractivity contribution in [2.45, 2.75) is 45.3 Å². The largest absolute Gasteiger partial charge is 0.493 e. The minimum atomic E-state index is -0.200. The van der Waals surface area contributed by atoms with E-state index < -0.39 is 0 Å². The van der Waals surface area contributed by atoms with Crippen molar-refractivity contribution >= 4 is 15.9 Å². The molecule has 0 heterocycles. The molecule has 0 saturated carbocycles. The lowest BCUT2D eigenvalue weighted by Crippen LogP contribution is -2.25. The molecule has 0 bridgehead atoms. The van der Waals surface area contributed by atoms with E-state index >= 15 is 0 Å². The molecular weight excluding hydrogens is 334 g/mol. The first kappa shape index (κ1) is 18.3. The van der Waals surface area contributed by atoms with E-state index in [0.29, 0.717) is 6.61 Å². The van der Waals surface area contributed by atoms with Crippen LogP contribution in [0.4, 0.5) is 0 Å². The predicted molar refractivity (Wildman–Crippen MR) is 89.2 cm³/mol. The minimum Gasteiger partial charge on any atom is -0.493 e. The molecule has 0 fully saturated rings. The van der Waals surface area contributed by atoms with Crippen molar-refractivity contribution in [3.63, 3.8) is 0 Å². The fourth-order valence-electron chi connectivity index (χ4n) is 1.90. The summed E-state index contributed by atoms with van der Waals surface area (Å²) in [5.74, 6) is 1.44. The second kappa shape index (κ2) is 8.01. The van der Waals surface area contributed by atoms with E-state index in [9.17, 15) is 0 Å². The van der Waals surface area contributed by atoms with Crippen molar-refractivity contribution in [1.82, 2.24) is 0 Å². The number of rotatable bonds is 8. The van der Waals surface area contributed by atoms with E-state index in [1.165, 1.54) is 0 Å². The molecule has 1 aromatic rings. The molecule has 1 unspecified atom stereocenters. The zero-order valence-electron chi connectivity index (χ0n) is 13.5. The van der Waals surface area contributed by atoms with Gasteiger partial charge in [-0.25, -0.2) is 0 Å². The van der Waals surface area contributed by atoms with Crippen LogP contribution in [-0.2, 0) is 11.2 Å². The molecule has 4 nitrogen and oxygen atoms in total. The Bertz CT molecular complexity index is 461. The van der Waals surface area contributed by atoms with Crippen LogP contribution < -0.4 is 15.2 Å². The molecule has 2 N–H and O–H groups in total. The fraction of sp³-hybridized carbons (Fsp3) is 0.625. The van der Waals surface area contributed by atoms with E-state index in [0.717, 1.165) is 34.4 Å². The van der Waals surface area contributed by atoms with Gasteiger partial charge in [-0.05, 0) is 60.8 Å². The quantitative estimate of drug-likeness (QED) is 0.771. The molecule has 5 heteroatoms. The summed E-state index contributed by atoms with van der Waals surface area (Å²) in [5, 5.41) is 0. The third-order valence-corrected chi connectivity index (χ3v) is 3.94. The highest BCUT2D eigenvalue weighted by Crippen LogP contribution is 2.37. The first-order valence-electron chi connectivity index (χ1n) is 7.09. The Morgan fingerprint density at radius 3 is 2.48 bits per heavy atom. The smallest absolute Gasteiger partial charge is 0.175 e. The molecule has 0 aliphatic carbocycles. The zero-order chi connectivity index (χ0) is 16.0. The summed E-state index contributed by atoms with van der Waals surface area (Å²) in [7, 11) is 3.35. The van der Waals surface area contributed by atoms with E-state index in [1.54, 1.807) is 14.2 Å². The first-order valence-corrected chi connectivity index (χ1v) is 7.88. The molecule has 0 amide bonds. The normalized spacial score (nSPS) is 13.1. The highest BCUT2D eigenvalue weighted by Gasteiger charge is 2.18. The third-order valence-electron chi connectivity index (χ3n) is 3.35. The number of hydrogen-bond donors (Lipinski definition) is 1. The van der Waals surface area contributed by atoms with Crippen LogP contribution in [0.15, 0.2) is 16.6 Å². The second-order valence-corrected chi connectivity index (χ2v) is 6.71. The van der Waals surface area contributed by atoms with Crippen molar-refractivity contribution in [1.29, 1.82) is 0 Å². The number of methoxy groups -OCH3 is 2. The van der Waals surface area contributed by atoms with Crippen LogP contribution in [0.5, 0.6) is 11.5 Å². The topological polar surface area (TPSA) is 53.7 Å². The Kier molecular flexibility index (Phi) is 6.97. The summed E-state index contributed by atoms with van der Waals surface area (Å²) in [6, 6.07) is 4.11. The molecule has 0 radical (unpaired) electrons. The Hall–Kier alpha value is -0.780. The molecule has 0 aliphatic heterocycles. The average Bonchev–Trinajstić information content (AvgIpc) is 2.40. The molecule has 0 saturated heterocycles. The molecule has 1 atom stereocenters.